The van der Waals surface area contributed by atoms with Gasteiger partial charge < -0.3 is 10.3 Å². The second kappa shape index (κ2) is 5.55. The van der Waals surface area contributed by atoms with Crippen LogP contribution in [0.15, 0.2) is 55.0 Å². The average molecular weight is 334 g/mol. The Morgan fingerprint density at radius 1 is 1.28 bits per heavy atom. The molecule has 3 aromatic rings. The second-order valence-corrected chi connectivity index (χ2v) is 5.95. The van der Waals surface area contributed by atoms with Crippen molar-refractivity contribution in [2.24, 2.45) is 0 Å². The van der Waals surface area contributed by atoms with Crippen molar-refractivity contribution in [3.8, 4) is 11.3 Å². The van der Waals surface area contributed by atoms with E-state index in [1.807, 2.05) is 28.8 Å². The molecule has 0 saturated carbocycles. The van der Waals surface area contributed by atoms with Crippen LogP contribution in [0.2, 0.25) is 0 Å². The molecule has 0 amide bonds. The third-order valence-electron chi connectivity index (χ3n) is 4.52. The molecular formula is C18H14N4O3. The van der Waals surface area contributed by atoms with E-state index in [1.165, 1.54) is 18.2 Å². The van der Waals surface area contributed by atoms with Crippen LogP contribution in [0.3, 0.4) is 0 Å². The Kier molecular flexibility index (Phi) is 3.35. The molecule has 1 aromatic heterocycles. The first-order chi connectivity index (χ1) is 12.1. The lowest BCUT2D eigenvalue weighted by molar-refractivity contribution is -0.383. The number of hydrogen-bond acceptors (Lipinski definition) is 5. The monoisotopic (exact) mass is 334 g/mol. The van der Waals surface area contributed by atoms with Gasteiger partial charge in [-0.15, -0.1) is 0 Å². The van der Waals surface area contributed by atoms with Gasteiger partial charge in [0.25, 0.3) is 5.69 Å². The number of carbonyl (C=O) groups excluding carboxylic acids is 1. The Morgan fingerprint density at radius 3 is 2.84 bits per heavy atom. The fraction of sp³-hybridized carbons (Fsp3) is 0.111. The number of ketones is 1. The number of hydrogen-bond donors (Lipinski definition) is 1. The highest BCUT2D eigenvalue weighted by molar-refractivity contribution is 5.98. The number of carbonyl (C=O) groups is 1. The molecule has 1 unspecified atom stereocenters. The molecule has 1 aliphatic rings. The minimum Gasteiger partial charge on any atom is -0.393 e. The predicted octanol–water partition coefficient (Wildman–Crippen LogP) is 3.22. The van der Waals surface area contributed by atoms with Gasteiger partial charge in [0.1, 0.15) is 5.69 Å². The third kappa shape index (κ3) is 2.37. The summed E-state index contributed by atoms with van der Waals surface area (Å²) in [6.45, 7) is 0. The number of nitrogens with zero attached hydrogens (tertiary/aromatic N) is 3. The van der Waals surface area contributed by atoms with E-state index in [-0.39, 0.29) is 29.6 Å². The lowest BCUT2D eigenvalue weighted by Gasteiger charge is -2.14. The molecule has 4 rings (SSSR count). The van der Waals surface area contributed by atoms with Crippen molar-refractivity contribution in [2.75, 3.05) is 5.73 Å². The van der Waals surface area contributed by atoms with E-state index in [2.05, 4.69) is 4.98 Å². The highest BCUT2D eigenvalue weighted by Crippen LogP contribution is 2.41. The van der Waals surface area contributed by atoms with Crippen LogP contribution in [0.4, 0.5) is 11.4 Å². The summed E-state index contributed by atoms with van der Waals surface area (Å²) in [5.41, 5.74) is 8.99. The summed E-state index contributed by atoms with van der Waals surface area (Å²) < 4.78 is 1.98. The number of imidazole rings is 1. The van der Waals surface area contributed by atoms with Crippen molar-refractivity contribution in [1.29, 1.82) is 0 Å². The quantitative estimate of drug-likeness (QED) is 0.341. The number of aromatic nitrogens is 2. The van der Waals surface area contributed by atoms with Crippen LogP contribution in [0.25, 0.3) is 11.3 Å². The number of nitro groups is 1. The highest BCUT2D eigenvalue weighted by atomic mass is 16.6. The largest absolute Gasteiger partial charge is 0.393 e. The Hall–Kier alpha value is -3.48. The standard InChI is InChI=1S/C18H14N4O3/c19-14-7-11(5-6-15(14)22(24)25)18(23)8-16-12-3-1-2-4-13(12)17-9-20-10-21(16)17/h1-7,9-10,16H,8,19H2. The van der Waals surface area contributed by atoms with Gasteiger partial charge in [0.2, 0.25) is 0 Å². The van der Waals surface area contributed by atoms with Crippen molar-refractivity contribution in [3.63, 3.8) is 0 Å². The molecule has 7 heteroatoms. The molecule has 0 saturated heterocycles. The second-order valence-electron chi connectivity index (χ2n) is 5.95. The van der Waals surface area contributed by atoms with Crippen LogP contribution < -0.4 is 5.73 Å². The maximum absolute atomic E-state index is 12.7. The first-order valence-electron chi connectivity index (χ1n) is 7.74. The zero-order valence-electron chi connectivity index (χ0n) is 13.1. The van der Waals surface area contributed by atoms with Gasteiger partial charge in [-0.1, -0.05) is 24.3 Å². The van der Waals surface area contributed by atoms with Gasteiger partial charge in [0.15, 0.2) is 5.78 Å². The van der Waals surface area contributed by atoms with Crippen molar-refractivity contribution in [2.45, 2.75) is 12.5 Å². The van der Waals surface area contributed by atoms with Crippen molar-refractivity contribution >= 4 is 17.2 Å². The van der Waals surface area contributed by atoms with Gasteiger partial charge in [-0.3, -0.25) is 14.9 Å². The van der Waals surface area contributed by atoms with Gasteiger partial charge in [0.05, 0.1) is 29.2 Å². The SMILES string of the molecule is Nc1cc(C(=O)CC2c3ccccc3-c3cncn32)ccc1[N+](=O)[O-]. The fourth-order valence-corrected chi connectivity index (χ4v) is 3.33. The molecule has 0 aliphatic carbocycles. The number of benzene rings is 2. The van der Waals surface area contributed by atoms with Crippen LogP contribution in [0.1, 0.15) is 28.4 Å². The maximum Gasteiger partial charge on any atom is 0.292 e. The summed E-state index contributed by atoms with van der Waals surface area (Å²) >= 11 is 0. The van der Waals surface area contributed by atoms with Crippen molar-refractivity contribution in [3.05, 3.63) is 76.2 Å². The van der Waals surface area contributed by atoms with Crippen molar-refractivity contribution in [1.82, 2.24) is 9.55 Å². The first-order valence-corrected chi connectivity index (χ1v) is 7.74. The van der Waals surface area contributed by atoms with Gasteiger partial charge in [-0.05, 0) is 17.7 Å². The third-order valence-corrected chi connectivity index (χ3v) is 4.52. The molecule has 2 N–H and O–H groups in total. The van der Waals surface area contributed by atoms with Gasteiger partial charge >= 0.3 is 0 Å². The molecule has 2 aromatic carbocycles. The zero-order valence-corrected chi connectivity index (χ0v) is 13.1. The van der Waals surface area contributed by atoms with E-state index in [0.717, 1.165) is 16.8 Å². The van der Waals surface area contributed by atoms with Crippen LogP contribution in [-0.2, 0) is 0 Å². The van der Waals surface area contributed by atoms with Crippen molar-refractivity contribution < 1.29 is 9.72 Å². The van der Waals surface area contributed by atoms with Gasteiger partial charge in [0, 0.05) is 23.6 Å². The van der Waals surface area contributed by atoms with Crippen LogP contribution in [0.5, 0.6) is 0 Å². The summed E-state index contributed by atoms with van der Waals surface area (Å²) in [6, 6.07) is 11.9. The zero-order chi connectivity index (χ0) is 17.6. The number of nitrogen functional groups attached to an aromatic ring is 1. The van der Waals surface area contributed by atoms with Crippen LogP contribution in [-0.4, -0.2) is 20.3 Å². The number of Topliss-reactive ketones (excluding diaryl/α,β-unsaturated/α-hetero) is 1. The lowest BCUT2D eigenvalue weighted by atomic mass is 9.96. The smallest absolute Gasteiger partial charge is 0.292 e. The predicted molar refractivity (Wildman–Crippen MR) is 92.3 cm³/mol. The molecule has 1 atom stereocenters. The maximum atomic E-state index is 12.7. The summed E-state index contributed by atoms with van der Waals surface area (Å²) in [7, 11) is 0. The summed E-state index contributed by atoms with van der Waals surface area (Å²) in [6.07, 6.45) is 3.74. The number of nitro benzene ring substituents is 1. The lowest BCUT2D eigenvalue weighted by Crippen LogP contribution is -2.12. The molecule has 124 valence electrons. The number of fused-ring (bicyclic) bond motifs is 3. The van der Waals surface area contributed by atoms with Crippen LogP contribution >= 0.6 is 0 Å². The van der Waals surface area contributed by atoms with Gasteiger partial charge in [-0.2, -0.15) is 0 Å². The molecule has 0 bridgehead atoms. The first kappa shape index (κ1) is 15.1. The minimum absolute atomic E-state index is 0.00834. The molecule has 25 heavy (non-hydrogen) atoms. The van der Waals surface area contributed by atoms with E-state index in [9.17, 15) is 14.9 Å². The van der Waals surface area contributed by atoms with Gasteiger partial charge in [-0.25, -0.2) is 4.98 Å². The van der Waals surface area contributed by atoms with E-state index in [0.29, 0.717) is 5.56 Å². The number of rotatable bonds is 4. The molecule has 7 nitrogen and oxygen atoms in total. The summed E-state index contributed by atoms with van der Waals surface area (Å²) in [5, 5.41) is 10.9. The van der Waals surface area contributed by atoms with E-state index < -0.39 is 4.92 Å². The molecule has 2 heterocycles. The Balaban J connectivity index is 1.66. The number of nitrogens with two attached hydrogens (primary N) is 1. The molecule has 0 fully saturated rings. The molecule has 0 radical (unpaired) electrons. The Labute approximate surface area is 142 Å². The molecular weight excluding hydrogens is 320 g/mol. The normalized spacial score (nSPS) is 14.8. The van der Waals surface area contributed by atoms with E-state index >= 15 is 0 Å². The van der Waals surface area contributed by atoms with E-state index in [4.69, 9.17) is 5.73 Å². The number of anilines is 1. The summed E-state index contributed by atoms with van der Waals surface area (Å²) in [5.74, 6) is -0.122. The van der Waals surface area contributed by atoms with Crippen LogP contribution in [0, 0.1) is 10.1 Å². The molecule has 0 spiro atoms. The highest BCUT2D eigenvalue weighted by Gasteiger charge is 2.30. The average Bonchev–Trinajstić information content (AvgIpc) is 3.17. The Morgan fingerprint density at radius 2 is 2.08 bits per heavy atom. The van der Waals surface area contributed by atoms with E-state index in [1.54, 1.807) is 12.5 Å². The fourth-order valence-electron chi connectivity index (χ4n) is 3.33. The molecule has 1 aliphatic heterocycles. The Bertz CT molecular complexity index is 1010. The minimum atomic E-state index is -0.561. The topological polar surface area (TPSA) is 104 Å². The summed E-state index contributed by atoms with van der Waals surface area (Å²) in [4.78, 5) is 27.2.